The lowest BCUT2D eigenvalue weighted by atomic mass is 9.71. The molecule has 3 saturated heterocycles. The first-order valence-corrected chi connectivity index (χ1v) is 16.2. The van der Waals surface area contributed by atoms with Gasteiger partial charge in [0, 0.05) is 27.3 Å². The number of nitrogens with zero attached hydrogens (tertiary/aromatic N) is 2. The Kier molecular flexibility index (Phi) is 9.52. The Morgan fingerprint density at radius 1 is 1.19 bits per heavy atom. The van der Waals surface area contributed by atoms with Crippen molar-refractivity contribution in [2.45, 2.75) is 46.2 Å². The molecule has 3 aliphatic rings. The number of carbonyl (C=O) groups is 3. The van der Waals surface area contributed by atoms with Gasteiger partial charge in [-0.2, -0.15) is 0 Å². The summed E-state index contributed by atoms with van der Waals surface area (Å²) in [7, 11) is 0. The van der Waals surface area contributed by atoms with Gasteiger partial charge in [0.15, 0.2) is 0 Å². The summed E-state index contributed by atoms with van der Waals surface area (Å²) in [6.45, 7) is 7.64. The number of benzene rings is 2. The molecule has 10 heteroatoms. The number of hydrogen-bond acceptors (Lipinski definition) is 6. The van der Waals surface area contributed by atoms with Gasteiger partial charge in [0.1, 0.15) is 6.04 Å². The lowest BCUT2D eigenvalue weighted by Crippen LogP contribution is -2.56. The fraction of sp³-hybridized carbons (Fsp3) is 0.406. The molecule has 1 N–H and O–H groups in total. The summed E-state index contributed by atoms with van der Waals surface area (Å²) >= 11 is 11.5. The minimum absolute atomic E-state index is 0.0970. The summed E-state index contributed by atoms with van der Waals surface area (Å²) in [6.07, 6.45) is 5.29. The largest absolute Gasteiger partial charge is 0.465 e. The molecular weight excluding hydrogens is 640 g/mol. The number of halogens is 2. The van der Waals surface area contributed by atoms with Crippen molar-refractivity contribution >= 4 is 62.8 Å². The first kappa shape index (κ1) is 30.9. The molecular formula is C32H34BrClN2O5S. The van der Waals surface area contributed by atoms with Gasteiger partial charge in [0.25, 0.3) is 5.91 Å². The summed E-state index contributed by atoms with van der Waals surface area (Å²) in [5.74, 6) is -2.52. The number of aliphatic hydroxyl groups is 1. The van der Waals surface area contributed by atoms with Crippen LogP contribution in [0.4, 0.5) is 5.69 Å². The Balaban J connectivity index is 1.60. The Morgan fingerprint density at radius 3 is 2.55 bits per heavy atom. The maximum atomic E-state index is 14.8. The van der Waals surface area contributed by atoms with Crippen molar-refractivity contribution in [3.8, 4) is 0 Å². The van der Waals surface area contributed by atoms with E-state index in [1.807, 2.05) is 30.3 Å². The molecule has 2 amide bonds. The zero-order chi connectivity index (χ0) is 30.0. The van der Waals surface area contributed by atoms with Crippen LogP contribution < -0.4 is 4.90 Å². The third kappa shape index (κ3) is 5.34. The van der Waals surface area contributed by atoms with Gasteiger partial charge >= 0.3 is 5.97 Å². The molecule has 1 spiro atoms. The van der Waals surface area contributed by atoms with E-state index in [1.165, 1.54) is 11.8 Å². The highest BCUT2D eigenvalue weighted by molar-refractivity contribution is 9.09. The SMILES string of the molecule is C=CCCCOC(=O)[C@H]1[C@H]2C(=O)N([C@H](CO)c3ccccc3)C(C(=O)N(CC=C)c3ccc(Cl)cc3)C23CC(Br)[C@@H]1S3. The third-order valence-electron chi connectivity index (χ3n) is 8.44. The first-order valence-electron chi connectivity index (χ1n) is 14.0. The summed E-state index contributed by atoms with van der Waals surface area (Å²) in [5.41, 5.74) is 1.32. The summed E-state index contributed by atoms with van der Waals surface area (Å²) in [5, 5.41) is 11.0. The van der Waals surface area contributed by atoms with Crippen LogP contribution in [0.5, 0.6) is 0 Å². The van der Waals surface area contributed by atoms with Crippen molar-refractivity contribution in [2.24, 2.45) is 11.8 Å². The lowest BCUT2D eigenvalue weighted by Gasteiger charge is -2.40. The van der Waals surface area contributed by atoms with Gasteiger partial charge in [0.2, 0.25) is 5.91 Å². The number of amides is 2. The maximum Gasteiger partial charge on any atom is 0.310 e. The number of alkyl halides is 1. The number of allylic oxidation sites excluding steroid dienone is 1. The van der Waals surface area contributed by atoms with Gasteiger partial charge in [-0.15, -0.1) is 24.9 Å². The fourth-order valence-electron chi connectivity index (χ4n) is 6.70. The van der Waals surface area contributed by atoms with Crippen LogP contribution in [0, 0.1) is 11.8 Å². The smallest absolute Gasteiger partial charge is 0.310 e. The minimum atomic E-state index is -0.948. The van der Waals surface area contributed by atoms with Crippen molar-refractivity contribution in [2.75, 3.05) is 24.7 Å². The molecule has 2 aromatic rings. The number of rotatable bonds is 12. The molecule has 3 fully saturated rings. The van der Waals surface area contributed by atoms with Crippen LogP contribution >= 0.6 is 39.3 Å². The fourth-order valence-corrected chi connectivity index (χ4v) is 10.4. The van der Waals surface area contributed by atoms with Crippen molar-refractivity contribution in [3.63, 3.8) is 0 Å². The monoisotopic (exact) mass is 672 g/mol. The number of aliphatic hydroxyl groups excluding tert-OH is 1. The first-order chi connectivity index (χ1) is 20.3. The second-order valence-electron chi connectivity index (χ2n) is 10.8. The van der Waals surface area contributed by atoms with E-state index in [0.29, 0.717) is 35.5 Å². The highest BCUT2D eigenvalue weighted by atomic mass is 79.9. The molecule has 0 saturated carbocycles. The topological polar surface area (TPSA) is 87.1 Å². The molecule has 0 radical (unpaired) electrons. The molecule has 7 atom stereocenters. The van der Waals surface area contributed by atoms with E-state index in [1.54, 1.807) is 46.2 Å². The van der Waals surface area contributed by atoms with Crippen molar-refractivity contribution in [1.82, 2.24) is 4.90 Å². The van der Waals surface area contributed by atoms with Crippen molar-refractivity contribution in [1.29, 1.82) is 0 Å². The maximum absolute atomic E-state index is 14.8. The van der Waals surface area contributed by atoms with Crippen LogP contribution in [0.3, 0.4) is 0 Å². The summed E-state index contributed by atoms with van der Waals surface area (Å²) < 4.78 is 4.79. The normalized spacial score (nSPS) is 28.3. The van der Waals surface area contributed by atoms with Gasteiger partial charge in [-0.25, -0.2) is 0 Å². The number of likely N-dealkylation sites (tertiary alicyclic amines) is 1. The zero-order valence-electron chi connectivity index (χ0n) is 23.1. The van der Waals surface area contributed by atoms with E-state index in [-0.39, 0.29) is 41.6 Å². The van der Waals surface area contributed by atoms with Gasteiger partial charge < -0.3 is 19.6 Å². The molecule has 3 unspecified atom stereocenters. The highest BCUT2D eigenvalue weighted by Crippen LogP contribution is 2.68. The van der Waals surface area contributed by atoms with Crippen LogP contribution in [0.1, 0.15) is 30.9 Å². The highest BCUT2D eigenvalue weighted by Gasteiger charge is 2.76. The number of thioether (sulfide) groups is 1. The quantitative estimate of drug-likeness (QED) is 0.137. The number of esters is 1. The molecule has 2 aromatic carbocycles. The third-order valence-corrected chi connectivity index (χ3v) is 11.9. The molecule has 3 heterocycles. The van der Waals surface area contributed by atoms with E-state index in [4.69, 9.17) is 16.3 Å². The number of ether oxygens (including phenoxy) is 1. The average Bonchev–Trinajstić information content (AvgIpc) is 3.59. The zero-order valence-corrected chi connectivity index (χ0v) is 26.3. The molecule has 3 aliphatic heterocycles. The van der Waals surface area contributed by atoms with E-state index in [0.717, 1.165) is 0 Å². The average molecular weight is 674 g/mol. The molecule has 2 bridgehead atoms. The number of anilines is 1. The molecule has 42 heavy (non-hydrogen) atoms. The second-order valence-corrected chi connectivity index (χ2v) is 14.0. The van der Waals surface area contributed by atoms with Gasteiger partial charge in [-0.3, -0.25) is 14.4 Å². The standard InChI is InChI=1S/C32H34BrClN2O5S/c1-3-5-9-17-41-31(40)25-26-29(38)36(24(19-37)20-10-7-6-8-11-20)28(32(26)18-23(33)27(25)42-32)30(39)35(16-4-2)22-14-12-21(34)13-15-22/h3-4,6-8,10-15,23-28,37H,1-2,5,9,16-19H2/t23?,24-,25+,26+,27+,28?,32?/m1/s1. The molecule has 222 valence electrons. The van der Waals surface area contributed by atoms with Crippen LogP contribution in [-0.4, -0.2) is 68.4 Å². The second kappa shape index (κ2) is 13.0. The lowest BCUT2D eigenvalue weighted by molar-refractivity contribution is -0.154. The van der Waals surface area contributed by atoms with Gasteiger partial charge in [0.05, 0.1) is 35.8 Å². The molecule has 5 rings (SSSR count). The van der Waals surface area contributed by atoms with Crippen LogP contribution in [-0.2, 0) is 19.1 Å². The predicted molar refractivity (Wildman–Crippen MR) is 170 cm³/mol. The van der Waals surface area contributed by atoms with E-state index in [9.17, 15) is 19.5 Å². The predicted octanol–water partition coefficient (Wildman–Crippen LogP) is 5.57. The number of carbonyl (C=O) groups excluding carboxylic acids is 3. The Morgan fingerprint density at radius 2 is 1.90 bits per heavy atom. The van der Waals surface area contributed by atoms with E-state index in [2.05, 4.69) is 29.1 Å². The molecule has 0 aromatic heterocycles. The Labute approximate surface area is 264 Å². The van der Waals surface area contributed by atoms with Crippen LogP contribution in [0.25, 0.3) is 0 Å². The summed E-state index contributed by atoms with van der Waals surface area (Å²) in [6, 6.07) is 14.4. The summed E-state index contributed by atoms with van der Waals surface area (Å²) in [4.78, 5) is 46.0. The van der Waals surface area contributed by atoms with E-state index >= 15 is 0 Å². The van der Waals surface area contributed by atoms with E-state index < -0.39 is 34.6 Å². The van der Waals surface area contributed by atoms with Gasteiger partial charge in [-0.05, 0) is 49.1 Å². The number of hydrogen-bond donors (Lipinski definition) is 1. The number of unbranched alkanes of at least 4 members (excludes halogenated alkanes) is 1. The minimum Gasteiger partial charge on any atom is -0.465 e. The van der Waals surface area contributed by atoms with Crippen molar-refractivity contribution < 1.29 is 24.2 Å². The van der Waals surface area contributed by atoms with Gasteiger partial charge in [-0.1, -0.05) is 70.0 Å². The van der Waals surface area contributed by atoms with Crippen molar-refractivity contribution in [3.05, 3.63) is 90.5 Å². The van der Waals surface area contributed by atoms with Crippen LogP contribution in [0.2, 0.25) is 5.02 Å². The number of fused-ring (bicyclic) bond motifs is 1. The Hall–Kier alpha value is -2.59. The molecule has 0 aliphatic carbocycles. The Bertz CT molecular complexity index is 1340. The molecule has 7 nitrogen and oxygen atoms in total. The van der Waals surface area contributed by atoms with Crippen LogP contribution in [0.15, 0.2) is 79.9 Å².